The highest BCUT2D eigenvalue weighted by atomic mass is 32.2. The van der Waals surface area contributed by atoms with E-state index in [9.17, 15) is 62.3 Å². The topological polar surface area (TPSA) is 292 Å². The maximum absolute atomic E-state index is 11.7. The lowest BCUT2D eigenvalue weighted by molar-refractivity contribution is -0.132. The Hall–Kier alpha value is -16.3. The van der Waals surface area contributed by atoms with E-state index in [1.165, 1.54) is 81.7 Å². The monoisotopic (exact) mass is 1750 g/mol. The third kappa shape index (κ3) is 38.9. The van der Waals surface area contributed by atoms with E-state index in [1.807, 2.05) is 152 Å². The van der Waals surface area contributed by atoms with Crippen molar-refractivity contribution in [3.05, 3.63) is 448 Å². The molecule has 0 fully saturated rings. The molecule has 0 unspecified atom stereocenters. The number of nitrogens with one attached hydrogen (secondary N) is 2. The van der Waals surface area contributed by atoms with Crippen molar-refractivity contribution < 1.29 is 86.0 Å². The first-order valence-electron chi connectivity index (χ1n) is 40.8. The minimum absolute atomic E-state index is 0.00521. The van der Waals surface area contributed by atoms with Gasteiger partial charge in [-0.1, -0.05) is 224 Å². The van der Waals surface area contributed by atoms with Crippen molar-refractivity contribution in [2.24, 2.45) is 0 Å². The third-order valence-corrected chi connectivity index (χ3v) is 18.9. The fourth-order valence-electron chi connectivity index (χ4n) is 11.2. The van der Waals surface area contributed by atoms with Crippen molar-refractivity contribution in [1.29, 1.82) is 0 Å². The van der Waals surface area contributed by atoms with Gasteiger partial charge in [-0.3, -0.25) is 58.6 Å². The number of hydrogen-bond acceptors (Lipinski definition) is 19. The summed E-state index contributed by atoms with van der Waals surface area (Å²) in [6.45, 7) is 14.8. The summed E-state index contributed by atoms with van der Waals surface area (Å²) >= 11 is 1.70. The van der Waals surface area contributed by atoms with Crippen molar-refractivity contribution in [2.75, 3.05) is 10.6 Å². The zero-order valence-electron chi connectivity index (χ0n) is 73.5. The molecule has 20 nitrogen and oxygen atoms in total. The normalized spacial score (nSPS) is 9.80. The Morgan fingerprint density at radius 3 is 0.877 bits per heavy atom. The number of ether oxygens (including phenoxy) is 5. The number of ketones is 8. The molecule has 14 rings (SSSR count). The Balaban J connectivity index is 0.000000204. The average molecular weight is 1760 g/mol. The number of hydrogen-bond donors (Lipinski definition) is 2. The molecule has 658 valence electrons. The molecular weight excluding hydrogens is 1660 g/mol. The van der Waals surface area contributed by atoms with Gasteiger partial charge in [0, 0.05) is 79.5 Å². The smallest absolute Gasteiger partial charge is 0.417 e. The number of carbonyl (C=O) groups excluding carboxylic acids is 13. The second-order valence-corrected chi connectivity index (χ2v) is 29.6. The van der Waals surface area contributed by atoms with Crippen LogP contribution in [-0.4, -0.2) is 76.4 Å². The van der Waals surface area contributed by atoms with Crippen molar-refractivity contribution in [3.8, 4) is 28.7 Å². The van der Waals surface area contributed by atoms with Gasteiger partial charge in [0.1, 0.15) is 28.7 Å². The SMILES string of the molecule is CC(=O)Oc1ccc(C(C)=O)cc1.CC(=O)Oc1cccc(C(C)=O)c1.CC(=O)c1ccc(Cc2ccccc2)cc1.CC(=O)c1ccc(NC(=O)Oc2ccccc2)cc1.CC(=O)c1ccc(OC(=O)c2ccccc2)cc1.CC(=O)c1ccc(Sc2ccccc2)cc1.CC(=O)c1cccc(Cc2ccccc2)c1.CC(=O)c1cccc(OC(=O)Nc2ccccc2)c1. The maximum atomic E-state index is 11.7. The van der Waals surface area contributed by atoms with Crippen molar-refractivity contribution in [3.63, 3.8) is 0 Å². The van der Waals surface area contributed by atoms with E-state index in [1.54, 1.807) is 208 Å². The molecule has 2 N–H and O–H groups in total. The van der Waals surface area contributed by atoms with E-state index >= 15 is 0 Å². The summed E-state index contributed by atoms with van der Waals surface area (Å²) in [6.07, 6.45) is 0.634. The van der Waals surface area contributed by atoms with Crippen LogP contribution < -0.4 is 34.3 Å². The van der Waals surface area contributed by atoms with Gasteiger partial charge in [-0.15, -0.1) is 0 Å². The standard InChI is InChI=1S/2C15H13NO3.C15H12O3.2C15H14O.C14H12OS.2C10H10O3/c1-11(17)12-6-5-9-14(10-12)19-15(18)16-13-7-3-2-4-8-13;1-11(17)12-7-9-13(10-8-12)16-15(18)19-14-5-3-2-4-6-14;1-11(16)12-7-9-14(10-8-12)18-15(17)13-5-3-2-4-6-13;1-12(16)15-9-5-8-14(11-15)10-13-6-3-2-4-7-13;1-12(16)15-9-7-14(8-10-15)11-13-5-3-2-4-6-13;1-11(15)12-7-9-14(10-8-12)16-13-5-3-2-4-6-13;1-7(11)9-3-5-10(6-4-9)13-8(2)12;1-7(11)9-4-3-5-10(6-9)13-8(2)12/h2*2-10H,1H3,(H,16,18);2-10H,1H3;2-9,11H,10H2,1H3;2-10H,11H2,1H3;2-10H,1H3;2*3-6H,1-2H3. The van der Waals surface area contributed by atoms with Gasteiger partial charge in [0.25, 0.3) is 0 Å². The number of benzene rings is 14. The predicted molar refractivity (Wildman–Crippen MR) is 507 cm³/mol. The Bertz CT molecular complexity index is 5970. The fraction of sp³-hybridized carbons (Fsp3) is 0.110. The fourth-order valence-corrected chi connectivity index (χ4v) is 12.1. The lowest BCUT2D eigenvalue weighted by Crippen LogP contribution is -2.16. The molecule has 130 heavy (non-hydrogen) atoms. The Morgan fingerprint density at radius 1 is 0.208 bits per heavy atom. The van der Waals surface area contributed by atoms with Crippen LogP contribution in [0.2, 0.25) is 0 Å². The van der Waals surface area contributed by atoms with Crippen LogP contribution in [0.15, 0.2) is 386 Å². The van der Waals surface area contributed by atoms with E-state index in [0.29, 0.717) is 73.5 Å². The van der Waals surface area contributed by atoms with Crippen LogP contribution in [0.4, 0.5) is 21.0 Å². The minimum atomic E-state index is -0.591. The van der Waals surface area contributed by atoms with Crippen LogP contribution in [0.5, 0.6) is 28.7 Å². The Labute approximate surface area is 760 Å². The lowest BCUT2D eigenvalue weighted by Gasteiger charge is -2.07. The number of anilines is 2. The molecule has 21 heteroatoms. The van der Waals surface area contributed by atoms with E-state index in [-0.39, 0.29) is 58.2 Å². The number of Topliss-reactive ketones (excluding diaryl/α,β-unsaturated/α-hetero) is 8. The average Bonchev–Trinajstić information content (AvgIpc) is 0.896. The number of carbonyl (C=O) groups is 13. The zero-order chi connectivity index (χ0) is 94.1. The van der Waals surface area contributed by atoms with Gasteiger partial charge in [-0.2, -0.15) is 0 Å². The number of para-hydroxylation sites is 2. The molecular formula is C109H98N2O18S. The number of rotatable bonds is 22. The van der Waals surface area contributed by atoms with E-state index in [2.05, 4.69) is 53.1 Å². The highest BCUT2D eigenvalue weighted by Gasteiger charge is 2.13. The second-order valence-electron chi connectivity index (χ2n) is 28.4. The molecule has 0 spiro atoms. The summed E-state index contributed by atoms with van der Waals surface area (Å²) in [4.78, 5) is 147. The quantitative estimate of drug-likeness (QED) is 0.0362. The zero-order valence-corrected chi connectivity index (χ0v) is 74.3. The first kappa shape index (κ1) is 101. The molecule has 0 heterocycles. The van der Waals surface area contributed by atoms with Crippen molar-refractivity contribution in [2.45, 2.75) is 91.9 Å². The van der Waals surface area contributed by atoms with E-state index in [0.717, 1.165) is 34.4 Å². The summed E-state index contributed by atoms with van der Waals surface area (Å²) in [7, 11) is 0. The van der Waals surface area contributed by atoms with Gasteiger partial charge >= 0.3 is 30.1 Å². The molecule has 0 saturated carbocycles. The summed E-state index contributed by atoms with van der Waals surface area (Å²) in [5.74, 6) is 1.11. The van der Waals surface area contributed by atoms with Gasteiger partial charge in [0.15, 0.2) is 46.3 Å². The summed E-state index contributed by atoms with van der Waals surface area (Å²) in [5, 5.41) is 5.18. The highest BCUT2D eigenvalue weighted by molar-refractivity contribution is 7.99. The molecule has 0 saturated heterocycles. The first-order chi connectivity index (χ1) is 62.4. The van der Waals surface area contributed by atoms with Crippen molar-refractivity contribution >= 4 is 99.5 Å². The largest absolute Gasteiger partial charge is 0.427 e. The molecule has 0 bridgehead atoms. The van der Waals surface area contributed by atoms with Crippen LogP contribution in [0.1, 0.15) is 185 Å². The number of amides is 2. The van der Waals surface area contributed by atoms with Gasteiger partial charge in [0.05, 0.1) is 5.56 Å². The summed E-state index contributed by atoms with van der Waals surface area (Å²) in [5.41, 5.74) is 11.9. The maximum Gasteiger partial charge on any atom is 0.417 e. The first-order valence-corrected chi connectivity index (χ1v) is 41.6. The number of esters is 3. The van der Waals surface area contributed by atoms with Gasteiger partial charge < -0.3 is 23.7 Å². The van der Waals surface area contributed by atoms with Gasteiger partial charge in [0.2, 0.25) is 0 Å². The highest BCUT2D eigenvalue weighted by Crippen LogP contribution is 2.28. The third-order valence-electron chi connectivity index (χ3n) is 17.9. The van der Waals surface area contributed by atoms with E-state index < -0.39 is 18.2 Å². The molecule has 0 aromatic heterocycles. The predicted octanol–water partition coefficient (Wildman–Crippen LogP) is 24.7. The van der Waals surface area contributed by atoms with Crippen LogP contribution in [0.25, 0.3) is 0 Å². The van der Waals surface area contributed by atoms with Crippen LogP contribution in [0.3, 0.4) is 0 Å². The minimum Gasteiger partial charge on any atom is -0.427 e. The van der Waals surface area contributed by atoms with Crippen molar-refractivity contribution in [1.82, 2.24) is 0 Å². The molecule has 0 aliphatic rings. The van der Waals surface area contributed by atoms with Gasteiger partial charge in [-0.05, 0) is 254 Å². The lowest BCUT2D eigenvalue weighted by atomic mass is 10.0. The van der Waals surface area contributed by atoms with Gasteiger partial charge in [-0.25, -0.2) is 14.4 Å². The molecule has 14 aromatic carbocycles. The summed E-state index contributed by atoms with van der Waals surface area (Å²) in [6, 6.07) is 113. The summed E-state index contributed by atoms with van der Waals surface area (Å²) < 4.78 is 25.0. The molecule has 14 aromatic rings. The molecule has 0 radical (unpaired) electrons. The Kier molecular flexibility index (Phi) is 42.3. The van der Waals surface area contributed by atoms with E-state index in [4.69, 9.17) is 23.7 Å². The van der Waals surface area contributed by atoms with Crippen LogP contribution >= 0.6 is 11.8 Å². The molecule has 0 aliphatic heterocycles. The molecule has 0 atom stereocenters. The van der Waals surface area contributed by atoms with Crippen LogP contribution in [-0.2, 0) is 22.4 Å². The Morgan fingerprint density at radius 2 is 0.469 bits per heavy atom. The molecule has 0 aliphatic carbocycles. The second kappa shape index (κ2) is 54.5. The van der Waals surface area contributed by atoms with Crippen LogP contribution in [0, 0.1) is 0 Å². The molecule has 2 amide bonds.